The number of aromatic nitrogens is 3. The van der Waals surface area contributed by atoms with Crippen LogP contribution in [0.2, 0.25) is 0 Å². The monoisotopic (exact) mass is 407 g/mol. The van der Waals surface area contributed by atoms with Crippen LogP contribution in [0, 0.1) is 5.82 Å². The number of halogens is 1. The quantitative estimate of drug-likeness (QED) is 0.702. The zero-order valence-electron chi connectivity index (χ0n) is 16.6. The molecule has 0 unspecified atom stereocenters. The van der Waals surface area contributed by atoms with E-state index < -0.39 is 5.92 Å². The number of aryl methyl sites for hydroxylation is 1. The fourth-order valence-electron chi connectivity index (χ4n) is 3.69. The van der Waals surface area contributed by atoms with E-state index in [1.165, 1.54) is 12.1 Å². The molecule has 1 aliphatic heterocycles. The van der Waals surface area contributed by atoms with Crippen LogP contribution in [0.1, 0.15) is 33.1 Å². The van der Waals surface area contributed by atoms with Gasteiger partial charge in [0, 0.05) is 56.4 Å². The molecule has 7 nitrogen and oxygen atoms in total. The van der Waals surface area contributed by atoms with Gasteiger partial charge in [-0.2, -0.15) is 5.10 Å². The van der Waals surface area contributed by atoms with Crippen molar-refractivity contribution < 1.29 is 14.0 Å². The number of amides is 2. The zero-order chi connectivity index (χ0) is 21.1. The molecule has 154 valence electrons. The normalized spacial score (nSPS) is 15.5. The maximum atomic E-state index is 13.0. The Kier molecular flexibility index (Phi) is 5.56. The molecule has 0 fully saturated rings. The molecule has 3 heterocycles. The summed E-state index contributed by atoms with van der Waals surface area (Å²) in [5.41, 5.74) is 3.04. The lowest BCUT2D eigenvalue weighted by Crippen LogP contribution is -2.44. The highest BCUT2D eigenvalue weighted by molar-refractivity contribution is 5.95. The summed E-state index contributed by atoms with van der Waals surface area (Å²) in [5.74, 6) is -1.15. The Morgan fingerprint density at radius 2 is 1.90 bits per heavy atom. The van der Waals surface area contributed by atoms with Gasteiger partial charge < -0.3 is 10.2 Å². The Balaban J connectivity index is 1.47. The lowest BCUT2D eigenvalue weighted by Gasteiger charge is -2.31. The standard InChI is InChI=1S/C22H22FN5O2/c1-27-12-17-13-28(22(30)16-7-9-24-10-8-16)14-19(20(17)26-27)21(29)25-11-6-15-2-4-18(23)5-3-15/h2-5,7-10,12,19H,6,11,13-14H2,1H3,(H,25,29)/t19-/m0/s1. The first-order chi connectivity index (χ1) is 14.5. The molecule has 30 heavy (non-hydrogen) atoms. The van der Waals surface area contributed by atoms with Crippen molar-refractivity contribution in [3.05, 3.63) is 83.2 Å². The van der Waals surface area contributed by atoms with Gasteiger partial charge in [-0.05, 0) is 36.2 Å². The molecule has 1 aromatic carbocycles. The molecule has 0 saturated carbocycles. The van der Waals surface area contributed by atoms with Gasteiger partial charge in [-0.25, -0.2) is 4.39 Å². The number of pyridine rings is 1. The summed E-state index contributed by atoms with van der Waals surface area (Å²) in [6.07, 6.45) is 5.59. The van der Waals surface area contributed by atoms with Crippen molar-refractivity contribution >= 4 is 11.8 Å². The highest BCUT2D eigenvalue weighted by Gasteiger charge is 2.35. The highest BCUT2D eigenvalue weighted by atomic mass is 19.1. The van der Waals surface area contributed by atoms with Gasteiger partial charge in [0.25, 0.3) is 5.91 Å². The van der Waals surface area contributed by atoms with Gasteiger partial charge in [-0.1, -0.05) is 12.1 Å². The molecule has 0 radical (unpaired) electrons. The van der Waals surface area contributed by atoms with E-state index in [2.05, 4.69) is 15.4 Å². The van der Waals surface area contributed by atoms with Crippen LogP contribution in [0.15, 0.2) is 55.0 Å². The smallest absolute Gasteiger partial charge is 0.254 e. The van der Waals surface area contributed by atoms with Crippen LogP contribution < -0.4 is 5.32 Å². The SMILES string of the molecule is Cn1cc2c(n1)[C@@H](C(=O)NCCc1ccc(F)cc1)CN(C(=O)c1ccncc1)C2. The Labute approximate surface area is 173 Å². The number of nitrogens with one attached hydrogen (secondary N) is 1. The average Bonchev–Trinajstić information content (AvgIpc) is 3.14. The summed E-state index contributed by atoms with van der Waals surface area (Å²) in [5, 5.41) is 7.40. The molecule has 0 bridgehead atoms. The molecule has 2 amide bonds. The van der Waals surface area contributed by atoms with E-state index in [9.17, 15) is 14.0 Å². The third-order valence-corrected chi connectivity index (χ3v) is 5.19. The van der Waals surface area contributed by atoms with Gasteiger partial charge >= 0.3 is 0 Å². The first-order valence-corrected chi connectivity index (χ1v) is 9.75. The van der Waals surface area contributed by atoms with Gasteiger partial charge in [0.15, 0.2) is 0 Å². The predicted octanol–water partition coefficient (Wildman–Crippen LogP) is 2.05. The topological polar surface area (TPSA) is 80.1 Å². The summed E-state index contributed by atoms with van der Waals surface area (Å²) in [4.78, 5) is 31.5. The summed E-state index contributed by atoms with van der Waals surface area (Å²) >= 11 is 0. The first kappa shape index (κ1) is 19.8. The van der Waals surface area contributed by atoms with E-state index in [1.807, 2.05) is 6.20 Å². The summed E-state index contributed by atoms with van der Waals surface area (Å²) in [7, 11) is 1.80. The predicted molar refractivity (Wildman–Crippen MR) is 108 cm³/mol. The molecular weight excluding hydrogens is 385 g/mol. The molecule has 0 aliphatic carbocycles. The lowest BCUT2D eigenvalue weighted by atomic mass is 9.95. The van der Waals surface area contributed by atoms with Crippen molar-refractivity contribution in [1.29, 1.82) is 0 Å². The largest absolute Gasteiger partial charge is 0.355 e. The summed E-state index contributed by atoms with van der Waals surface area (Å²) in [6.45, 7) is 1.08. The van der Waals surface area contributed by atoms with Crippen LogP contribution >= 0.6 is 0 Å². The van der Waals surface area contributed by atoms with Crippen molar-refractivity contribution in [1.82, 2.24) is 25.0 Å². The third kappa shape index (κ3) is 4.22. The van der Waals surface area contributed by atoms with Gasteiger partial charge in [-0.15, -0.1) is 0 Å². The van der Waals surface area contributed by atoms with Crippen LogP contribution in [0.4, 0.5) is 4.39 Å². The van der Waals surface area contributed by atoms with E-state index in [0.29, 0.717) is 30.8 Å². The van der Waals surface area contributed by atoms with Crippen molar-refractivity contribution in [3.8, 4) is 0 Å². The summed E-state index contributed by atoms with van der Waals surface area (Å²) in [6, 6.07) is 9.54. The van der Waals surface area contributed by atoms with Crippen molar-refractivity contribution in [2.45, 2.75) is 18.9 Å². The van der Waals surface area contributed by atoms with E-state index in [1.54, 1.807) is 53.3 Å². The molecule has 1 aliphatic rings. The molecular formula is C22H22FN5O2. The fraction of sp³-hybridized carbons (Fsp3) is 0.273. The second kappa shape index (κ2) is 8.44. The maximum Gasteiger partial charge on any atom is 0.254 e. The molecule has 4 rings (SSSR count). The van der Waals surface area contributed by atoms with Crippen molar-refractivity contribution in [2.24, 2.45) is 7.05 Å². The number of fused-ring (bicyclic) bond motifs is 1. The number of carbonyl (C=O) groups is 2. The van der Waals surface area contributed by atoms with E-state index in [4.69, 9.17) is 0 Å². The minimum Gasteiger partial charge on any atom is -0.355 e. The van der Waals surface area contributed by atoms with Crippen LogP contribution in [0.25, 0.3) is 0 Å². The number of hydrogen-bond donors (Lipinski definition) is 1. The average molecular weight is 407 g/mol. The Morgan fingerprint density at radius 1 is 1.17 bits per heavy atom. The zero-order valence-corrected chi connectivity index (χ0v) is 16.6. The third-order valence-electron chi connectivity index (χ3n) is 5.19. The number of rotatable bonds is 5. The lowest BCUT2D eigenvalue weighted by molar-refractivity contribution is -0.123. The van der Waals surface area contributed by atoms with Gasteiger partial charge in [0.2, 0.25) is 5.91 Å². The Bertz CT molecular complexity index is 1050. The van der Waals surface area contributed by atoms with Crippen LogP contribution in [-0.4, -0.2) is 44.6 Å². The molecule has 3 aromatic rings. The molecule has 0 saturated heterocycles. The van der Waals surface area contributed by atoms with E-state index >= 15 is 0 Å². The Hall–Kier alpha value is -3.55. The maximum absolute atomic E-state index is 13.0. The summed E-state index contributed by atoms with van der Waals surface area (Å²) < 4.78 is 14.7. The van der Waals surface area contributed by atoms with E-state index in [-0.39, 0.29) is 24.2 Å². The Morgan fingerprint density at radius 3 is 2.63 bits per heavy atom. The van der Waals surface area contributed by atoms with Crippen molar-refractivity contribution in [2.75, 3.05) is 13.1 Å². The second-order valence-electron chi connectivity index (χ2n) is 7.35. The minimum absolute atomic E-state index is 0.143. The molecule has 8 heteroatoms. The molecule has 2 aromatic heterocycles. The fourth-order valence-corrected chi connectivity index (χ4v) is 3.69. The molecule has 1 atom stereocenters. The van der Waals surface area contributed by atoms with Gasteiger partial charge in [0.1, 0.15) is 5.82 Å². The van der Waals surface area contributed by atoms with Crippen LogP contribution in [0.3, 0.4) is 0 Å². The number of benzene rings is 1. The highest BCUT2D eigenvalue weighted by Crippen LogP contribution is 2.28. The second-order valence-corrected chi connectivity index (χ2v) is 7.35. The number of hydrogen-bond acceptors (Lipinski definition) is 4. The van der Waals surface area contributed by atoms with Crippen molar-refractivity contribution in [3.63, 3.8) is 0 Å². The van der Waals surface area contributed by atoms with Crippen LogP contribution in [-0.2, 0) is 24.8 Å². The minimum atomic E-state index is -0.547. The van der Waals surface area contributed by atoms with Crippen LogP contribution in [0.5, 0.6) is 0 Å². The van der Waals surface area contributed by atoms with Gasteiger partial charge in [0.05, 0.1) is 11.6 Å². The molecule has 1 N–H and O–H groups in total. The number of carbonyl (C=O) groups excluding carboxylic acids is 2. The molecule has 0 spiro atoms. The number of nitrogens with zero attached hydrogens (tertiary/aromatic N) is 4. The first-order valence-electron chi connectivity index (χ1n) is 9.75. The van der Waals surface area contributed by atoms with E-state index in [0.717, 1.165) is 11.1 Å². The van der Waals surface area contributed by atoms with Gasteiger partial charge in [-0.3, -0.25) is 19.3 Å².